The summed E-state index contributed by atoms with van der Waals surface area (Å²) in [7, 11) is -0.868. The Balaban J connectivity index is 2.65. The van der Waals surface area contributed by atoms with E-state index in [1.165, 1.54) is 25.4 Å². The number of halogens is 2. The van der Waals surface area contributed by atoms with Crippen LogP contribution in [-0.2, 0) is 10.0 Å². The average Bonchev–Trinajstić information content (AvgIpc) is 2.66. The molecule has 2 aromatic rings. The molecule has 1 aromatic heterocycles. The summed E-state index contributed by atoms with van der Waals surface area (Å²) in [6, 6.07) is 3.12. The minimum Gasteiger partial charge on any atom is -0.375 e. The standard InChI is InChI=1S/C12H13Cl2N3O2S2/c1-6-10(20-12(15)16-6)7-4-8(13)11(9(14)5-7)21(18,19)17(2)3/h4-5H,1-3H3,(H2,15,16). The number of hydrogen-bond donors (Lipinski definition) is 1. The van der Waals surface area contributed by atoms with Gasteiger partial charge in [0, 0.05) is 14.1 Å². The molecular formula is C12H13Cl2N3O2S2. The Labute approximate surface area is 137 Å². The van der Waals surface area contributed by atoms with E-state index in [0.717, 1.165) is 14.9 Å². The van der Waals surface area contributed by atoms with Gasteiger partial charge in [-0.1, -0.05) is 34.5 Å². The lowest BCUT2D eigenvalue weighted by molar-refractivity contribution is 0.521. The van der Waals surface area contributed by atoms with Crippen molar-refractivity contribution in [2.24, 2.45) is 0 Å². The first-order valence-corrected chi connectivity index (χ1v) is 8.80. The van der Waals surface area contributed by atoms with Crippen LogP contribution in [0.2, 0.25) is 10.0 Å². The van der Waals surface area contributed by atoms with Crippen molar-refractivity contribution in [3.8, 4) is 10.4 Å². The maximum Gasteiger partial charge on any atom is 0.245 e. The lowest BCUT2D eigenvalue weighted by Gasteiger charge is -2.15. The second-order valence-corrected chi connectivity index (χ2v) is 8.46. The summed E-state index contributed by atoms with van der Waals surface area (Å²) in [5, 5.41) is 0.565. The van der Waals surface area contributed by atoms with Gasteiger partial charge in [-0.25, -0.2) is 17.7 Å². The molecule has 0 amide bonds. The Kier molecular flexibility index (Phi) is 4.51. The largest absolute Gasteiger partial charge is 0.375 e. The molecule has 114 valence electrons. The highest BCUT2D eigenvalue weighted by Crippen LogP contribution is 2.39. The van der Waals surface area contributed by atoms with Gasteiger partial charge in [-0.05, 0) is 24.6 Å². The molecule has 0 radical (unpaired) electrons. The second-order valence-electron chi connectivity index (χ2n) is 4.52. The zero-order chi connectivity index (χ0) is 15.9. The third-order valence-electron chi connectivity index (χ3n) is 2.81. The first-order valence-electron chi connectivity index (χ1n) is 5.79. The molecule has 0 aliphatic heterocycles. The molecule has 0 atom stereocenters. The summed E-state index contributed by atoms with van der Waals surface area (Å²) in [6.45, 7) is 1.81. The fraction of sp³-hybridized carbons (Fsp3) is 0.250. The molecule has 2 N–H and O–H groups in total. The number of nitrogen functional groups attached to an aromatic ring is 1. The predicted molar refractivity (Wildman–Crippen MR) is 87.6 cm³/mol. The minimum atomic E-state index is -3.71. The van der Waals surface area contributed by atoms with Crippen LogP contribution in [0.3, 0.4) is 0 Å². The fourth-order valence-corrected chi connectivity index (χ4v) is 4.67. The average molecular weight is 366 g/mol. The Bertz CT molecular complexity index is 778. The van der Waals surface area contributed by atoms with E-state index >= 15 is 0 Å². The SMILES string of the molecule is Cc1nc(N)sc1-c1cc(Cl)c(S(=O)(=O)N(C)C)c(Cl)c1. The molecule has 0 aliphatic rings. The molecule has 0 aliphatic carbocycles. The van der Waals surface area contributed by atoms with Crippen molar-refractivity contribution in [1.29, 1.82) is 0 Å². The number of rotatable bonds is 3. The van der Waals surface area contributed by atoms with E-state index in [1.807, 2.05) is 6.92 Å². The fourth-order valence-electron chi connectivity index (χ4n) is 1.81. The molecule has 1 heterocycles. The van der Waals surface area contributed by atoms with Crippen LogP contribution in [0.15, 0.2) is 17.0 Å². The van der Waals surface area contributed by atoms with Gasteiger partial charge in [0.25, 0.3) is 0 Å². The Morgan fingerprint density at radius 2 is 1.76 bits per heavy atom. The molecule has 9 heteroatoms. The molecule has 0 saturated carbocycles. The van der Waals surface area contributed by atoms with Crippen molar-refractivity contribution in [1.82, 2.24) is 9.29 Å². The second kappa shape index (κ2) is 5.73. The molecule has 1 aromatic carbocycles. The van der Waals surface area contributed by atoms with E-state index in [0.29, 0.717) is 10.7 Å². The van der Waals surface area contributed by atoms with Gasteiger partial charge in [0.05, 0.1) is 20.6 Å². The van der Waals surface area contributed by atoms with Crippen LogP contribution in [0.4, 0.5) is 5.13 Å². The first-order chi connectivity index (χ1) is 9.64. The topological polar surface area (TPSA) is 76.3 Å². The predicted octanol–water partition coefficient (Wildman–Crippen LogP) is 3.26. The Hall–Kier alpha value is -0.860. The number of sulfonamides is 1. The molecule has 0 unspecified atom stereocenters. The summed E-state index contributed by atoms with van der Waals surface area (Å²) in [4.78, 5) is 4.84. The lowest BCUT2D eigenvalue weighted by Crippen LogP contribution is -2.22. The molecule has 0 spiro atoms. The molecule has 0 fully saturated rings. The third-order valence-corrected chi connectivity index (χ3v) is 6.59. The number of anilines is 1. The molecule has 0 saturated heterocycles. The highest BCUT2D eigenvalue weighted by atomic mass is 35.5. The van der Waals surface area contributed by atoms with Gasteiger partial charge in [-0.15, -0.1) is 0 Å². The minimum absolute atomic E-state index is 0.0672. The molecule has 0 bridgehead atoms. The Morgan fingerprint density at radius 1 is 1.24 bits per heavy atom. The normalized spacial score (nSPS) is 12.1. The van der Waals surface area contributed by atoms with Crippen molar-refractivity contribution >= 4 is 49.7 Å². The summed E-state index contributed by atoms with van der Waals surface area (Å²) in [6.07, 6.45) is 0. The molecule has 5 nitrogen and oxygen atoms in total. The lowest BCUT2D eigenvalue weighted by atomic mass is 10.1. The van der Waals surface area contributed by atoms with Gasteiger partial charge >= 0.3 is 0 Å². The van der Waals surface area contributed by atoms with Crippen molar-refractivity contribution in [2.75, 3.05) is 19.8 Å². The third kappa shape index (κ3) is 3.02. The highest BCUT2D eigenvalue weighted by molar-refractivity contribution is 7.89. The number of aromatic nitrogens is 1. The zero-order valence-corrected chi connectivity index (χ0v) is 14.7. The Morgan fingerprint density at radius 3 is 2.14 bits per heavy atom. The van der Waals surface area contributed by atoms with Crippen LogP contribution in [0, 0.1) is 6.92 Å². The van der Waals surface area contributed by atoms with Crippen LogP contribution in [0.1, 0.15) is 5.69 Å². The summed E-state index contributed by atoms with van der Waals surface area (Å²) in [5.41, 5.74) is 7.10. The van der Waals surface area contributed by atoms with Crippen molar-refractivity contribution < 1.29 is 8.42 Å². The first kappa shape index (κ1) is 16.5. The maximum atomic E-state index is 12.2. The van der Waals surface area contributed by atoms with Crippen LogP contribution in [0.5, 0.6) is 0 Å². The number of nitrogens with two attached hydrogens (primary N) is 1. The number of benzene rings is 1. The van der Waals surface area contributed by atoms with E-state index in [-0.39, 0.29) is 14.9 Å². The van der Waals surface area contributed by atoms with Gasteiger partial charge in [0.2, 0.25) is 10.0 Å². The number of hydrogen-bond acceptors (Lipinski definition) is 5. The van der Waals surface area contributed by atoms with Crippen LogP contribution in [0.25, 0.3) is 10.4 Å². The number of nitrogens with zero attached hydrogens (tertiary/aromatic N) is 2. The zero-order valence-electron chi connectivity index (χ0n) is 11.5. The van der Waals surface area contributed by atoms with Crippen LogP contribution < -0.4 is 5.73 Å². The van der Waals surface area contributed by atoms with Crippen molar-refractivity contribution in [3.05, 3.63) is 27.9 Å². The maximum absolute atomic E-state index is 12.2. The van der Waals surface area contributed by atoms with Crippen LogP contribution >= 0.6 is 34.5 Å². The van der Waals surface area contributed by atoms with E-state index < -0.39 is 10.0 Å². The highest BCUT2D eigenvalue weighted by Gasteiger charge is 2.25. The quantitative estimate of drug-likeness (QED) is 0.905. The number of thiazole rings is 1. The summed E-state index contributed by atoms with van der Waals surface area (Å²) < 4.78 is 25.5. The van der Waals surface area contributed by atoms with Gasteiger partial charge in [0.1, 0.15) is 4.90 Å². The summed E-state index contributed by atoms with van der Waals surface area (Å²) >= 11 is 13.6. The molecule has 2 rings (SSSR count). The van der Waals surface area contributed by atoms with Gasteiger partial charge < -0.3 is 5.73 Å². The van der Waals surface area contributed by atoms with E-state index in [4.69, 9.17) is 28.9 Å². The van der Waals surface area contributed by atoms with Gasteiger partial charge in [0.15, 0.2) is 5.13 Å². The van der Waals surface area contributed by atoms with E-state index in [9.17, 15) is 8.42 Å². The van der Waals surface area contributed by atoms with Gasteiger partial charge in [-0.2, -0.15) is 0 Å². The van der Waals surface area contributed by atoms with E-state index in [1.54, 1.807) is 12.1 Å². The van der Waals surface area contributed by atoms with Crippen LogP contribution in [-0.4, -0.2) is 31.8 Å². The van der Waals surface area contributed by atoms with Crippen molar-refractivity contribution in [3.63, 3.8) is 0 Å². The molecule has 21 heavy (non-hydrogen) atoms. The van der Waals surface area contributed by atoms with Crippen molar-refractivity contribution in [2.45, 2.75) is 11.8 Å². The van der Waals surface area contributed by atoms with E-state index in [2.05, 4.69) is 4.98 Å². The smallest absolute Gasteiger partial charge is 0.245 e. The molecular weight excluding hydrogens is 353 g/mol. The monoisotopic (exact) mass is 365 g/mol. The van der Waals surface area contributed by atoms with Gasteiger partial charge in [-0.3, -0.25) is 0 Å². The number of aryl methyl sites for hydroxylation is 1. The summed E-state index contributed by atoms with van der Waals surface area (Å²) in [5.74, 6) is 0.